The molecular weight excluding hydrogens is 243 g/mol. The van der Waals surface area contributed by atoms with Gasteiger partial charge < -0.3 is 4.55 Å². The van der Waals surface area contributed by atoms with E-state index in [0.29, 0.717) is 0 Å². The number of sulfone groups is 1. The topological polar surface area (TPSA) is 91.3 Å². The normalized spacial score (nSPS) is 14.7. The van der Waals surface area contributed by atoms with Gasteiger partial charge in [-0.1, -0.05) is 0 Å². The average molecular weight is 254 g/mol. The van der Waals surface area contributed by atoms with E-state index >= 15 is 0 Å². The summed E-state index contributed by atoms with van der Waals surface area (Å²) in [5.41, 5.74) is 0. The molecule has 0 radical (unpaired) electrons. The molecule has 1 atom stereocenters. The van der Waals surface area contributed by atoms with Gasteiger partial charge in [0.2, 0.25) is 0 Å². The summed E-state index contributed by atoms with van der Waals surface area (Å²) in [5, 5.41) is -1.13. The minimum absolute atomic E-state index is 0. The first-order valence-electron chi connectivity index (χ1n) is 3.25. The fourth-order valence-electron chi connectivity index (χ4n) is 0.524. The van der Waals surface area contributed by atoms with Crippen LogP contribution in [0.1, 0.15) is 13.3 Å². The van der Waals surface area contributed by atoms with Gasteiger partial charge >= 0.3 is 51.4 Å². The van der Waals surface area contributed by atoms with Gasteiger partial charge in [0, 0.05) is 11.5 Å². The molecule has 0 aliphatic rings. The Balaban J connectivity index is 0. The van der Waals surface area contributed by atoms with Crippen LogP contribution >= 0.6 is 0 Å². The summed E-state index contributed by atoms with van der Waals surface area (Å²) in [4.78, 5) is 0. The monoisotopic (exact) mass is 254 g/mol. The Morgan fingerprint density at radius 3 is 1.85 bits per heavy atom. The average Bonchev–Trinajstić information content (AvgIpc) is 1.78. The third-order valence-electron chi connectivity index (χ3n) is 1.39. The molecule has 0 aromatic heterocycles. The van der Waals surface area contributed by atoms with Crippen LogP contribution < -0.4 is 51.4 Å². The molecule has 0 aromatic carbocycles. The van der Waals surface area contributed by atoms with Crippen molar-refractivity contribution in [2.75, 3.05) is 12.0 Å². The molecule has 0 aliphatic carbocycles. The molecule has 0 spiro atoms. The van der Waals surface area contributed by atoms with Crippen LogP contribution in [0.3, 0.4) is 0 Å². The van der Waals surface area contributed by atoms with E-state index in [-0.39, 0.29) is 63.6 Å². The maximum absolute atomic E-state index is 10.6. The summed E-state index contributed by atoms with van der Waals surface area (Å²) in [6, 6.07) is 0. The first kappa shape index (κ1) is 16.9. The molecule has 8 heteroatoms. The fraction of sp³-hybridized carbons (Fsp3) is 1.00. The largest absolute Gasteiger partial charge is 1.00 e. The minimum atomic E-state index is -4.34. The van der Waals surface area contributed by atoms with Gasteiger partial charge in [0.1, 0.15) is 9.84 Å². The molecule has 0 N–H and O–H groups in total. The third kappa shape index (κ3) is 9.79. The van der Waals surface area contributed by atoms with Crippen LogP contribution in [0.5, 0.6) is 0 Å². The molecule has 5 nitrogen and oxygen atoms in total. The van der Waals surface area contributed by atoms with Crippen molar-refractivity contribution >= 4 is 20.0 Å². The summed E-state index contributed by atoms with van der Waals surface area (Å²) in [5.74, 6) is -0.268. The second-order valence-electron chi connectivity index (χ2n) is 2.72. The number of hydrogen-bond donors (Lipinski definition) is 0. The molecule has 13 heavy (non-hydrogen) atoms. The summed E-state index contributed by atoms with van der Waals surface area (Å²) in [6.07, 6.45) is 0.863. The van der Waals surface area contributed by atoms with Gasteiger partial charge in [-0.05, 0) is 13.3 Å². The molecule has 0 saturated carbocycles. The first-order chi connectivity index (χ1) is 5.13. The maximum atomic E-state index is 10.6. The quantitative estimate of drug-likeness (QED) is 0.381. The standard InChI is InChI=1S/C5H12O5S2.K/c1-5(12(8,9)10)3-4-11(2,6)7;/h5H,3-4H2,1-2H3,(H,8,9,10);/q;+1/p-1. The molecular formula is C5H11KO5S2. The molecule has 0 rings (SSSR count). The van der Waals surface area contributed by atoms with Gasteiger partial charge in [0.25, 0.3) is 0 Å². The Kier molecular flexibility index (Phi) is 8.01. The van der Waals surface area contributed by atoms with E-state index in [1.165, 1.54) is 6.92 Å². The second kappa shape index (κ2) is 6.16. The van der Waals surface area contributed by atoms with Crippen LogP contribution in [0.2, 0.25) is 0 Å². The zero-order valence-electron chi connectivity index (χ0n) is 7.85. The molecule has 1 unspecified atom stereocenters. The second-order valence-corrected chi connectivity index (χ2v) is 6.77. The van der Waals surface area contributed by atoms with Crippen LogP contribution in [0.4, 0.5) is 0 Å². The van der Waals surface area contributed by atoms with Crippen LogP contribution in [0, 0.1) is 0 Å². The van der Waals surface area contributed by atoms with Crippen molar-refractivity contribution in [1.82, 2.24) is 0 Å². The summed E-state index contributed by atoms with van der Waals surface area (Å²) in [7, 11) is -7.52. The minimum Gasteiger partial charge on any atom is -0.748 e. The van der Waals surface area contributed by atoms with Crippen molar-refractivity contribution in [3.05, 3.63) is 0 Å². The van der Waals surface area contributed by atoms with Gasteiger partial charge in [0.05, 0.1) is 15.9 Å². The first-order valence-corrected chi connectivity index (χ1v) is 6.78. The molecule has 0 bridgehead atoms. The van der Waals surface area contributed by atoms with E-state index in [9.17, 15) is 21.4 Å². The fourth-order valence-corrected chi connectivity index (χ4v) is 1.86. The molecule has 0 heterocycles. The van der Waals surface area contributed by atoms with Crippen LogP contribution in [0.25, 0.3) is 0 Å². The number of hydrogen-bond acceptors (Lipinski definition) is 5. The van der Waals surface area contributed by atoms with E-state index in [0.717, 1.165) is 6.26 Å². The summed E-state index contributed by atoms with van der Waals surface area (Å²) < 4.78 is 52.0. The van der Waals surface area contributed by atoms with Crippen LogP contribution in [-0.2, 0) is 20.0 Å². The van der Waals surface area contributed by atoms with E-state index in [4.69, 9.17) is 0 Å². The van der Waals surface area contributed by atoms with E-state index in [2.05, 4.69) is 0 Å². The van der Waals surface area contributed by atoms with Crippen molar-refractivity contribution in [2.45, 2.75) is 18.6 Å². The number of rotatable bonds is 4. The predicted octanol–water partition coefficient (Wildman–Crippen LogP) is -3.64. The zero-order valence-corrected chi connectivity index (χ0v) is 12.6. The van der Waals surface area contributed by atoms with Gasteiger partial charge in [-0.2, -0.15) is 0 Å². The Bertz CT molecular complexity index is 330. The Morgan fingerprint density at radius 1 is 1.23 bits per heavy atom. The Hall–Kier alpha value is 1.50. The molecule has 74 valence electrons. The predicted molar refractivity (Wildman–Crippen MR) is 43.5 cm³/mol. The molecule has 0 fully saturated rings. The molecule has 0 aromatic rings. The SMILES string of the molecule is CC(CCS(C)(=O)=O)S(=O)(=O)[O-].[K+]. The Labute approximate surface area is 121 Å². The maximum Gasteiger partial charge on any atom is 1.00 e. The van der Waals surface area contributed by atoms with Crippen molar-refractivity contribution in [2.24, 2.45) is 0 Å². The summed E-state index contributed by atoms with van der Waals surface area (Å²) >= 11 is 0. The van der Waals surface area contributed by atoms with E-state index in [1.807, 2.05) is 0 Å². The van der Waals surface area contributed by atoms with E-state index in [1.54, 1.807) is 0 Å². The molecule has 0 amide bonds. The zero-order chi connectivity index (χ0) is 9.99. The molecule has 0 saturated heterocycles. The van der Waals surface area contributed by atoms with Crippen molar-refractivity contribution in [3.8, 4) is 0 Å². The van der Waals surface area contributed by atoms with Crippen LogP contribution in [0.15, 0.2) is 0 Å². The van der Waals surface area contributed by atoms with Crippen molar-refractivity contribution in [3.63, 3.8) is 0 Å². The summed E-state index contributed by atoms with van der Waals surface area (Å²) in [6.45, 7) is 1.20. The van der Waals surface area contributed by atoms with Gasteiger partial charge in [-0.3, -0.25) is 0 Å². The third-order valence-corrected chi connectivity index (χ3v) is 3.59. The van der Waals surface area contributed by atoms with Crippen molar-refractivity contribution < 1.29 is 72.8 Å². The molecule has 0 aliphatic heterocycles. The van der Waals surface area contributed by atoms with E-state index < -0.39 is 25.2 Å². The van der Waals surface area contributed by atoms with Gasteiger partial charge in [0.15, 0.2) is 0 Å². The van der Waals surface area contributed by atoms with Gasteiger partial charge in [-0.25, -0.2) is 16.8 Å². The Morgan fingerprint density at radius 2 is 1.62 bits per heavy atom. The smallest absolute Gasteiger partial charge is 0.748 e. The van der Waals surface area contributed by atoms with Gasteiger partial charge in [-0.15, -0.1) is 0 Å². The van der Waals surface area contributed by atoms with Crippen LogP contribution in [-0.4, -0.2) is 38.6 Å². The van der Waals surface area contributed by atoms with Crippen molar-refractivity contribution in [1.29, 1.82) is 0 Å².